The molecule has 1 unspecified atom stereocenters. The normalized spacial score (nSPS) is 16.3. The molecule has 5 heteroatoms. The van der Waals surface area contributed by atoms with Crippen molar-refractivity contribution < 1.29 is 0 Å². The van der Waals surface area contributed by atoms with Crippen molar-refractivity contribution in [1.29, 1.82) is 0 Å². The quantitative estimate of drug-likeness (QED) is 0.469. The molecule has 1 aliphatic heterocycles. The largest absolute Gasteiger partial charge is 0.300 e. The molecule has 0 fully saturated rings. The smallest absolute Gasteiger partial charge is 0.0934 e. The lowest BCUT2D eigenvalue weighted by atomic mass is 9.84. The third-order valence-electron chi connectivity index (χ3n) is 4.34. The lowest BCUT2D eigenvalue weighted by molar-refractivity contribution is 0.299. The van der Waals surface area contributed by atoms with Gasteiger partial charge in [0, 0.05) is 41.0 Å². The third-order valence-corrected chi connectivity index (χ3v) is 6.19. The van der Waals surface area contributed by atoms with Crippen molar-refractivity contribution in [2.24, 2.45) is 0 Å². The van der Waals surface area contributed by atoms with E-state index in [4.69, 9.17) is 11.6 Å². The molecule has 0 amide bonds. The number of nitrogens with zero attached hydrogens (tertiary/aromatic N) is 2. The maximum Gasteiger partial charge on any atom is 0.0934 e. The lowest BCUT2D eigenvalue weighted by Crippen LogP contribution is -2.30. The van der Waals surface area contributed by atoms with Gasteiger partial charge in [0.05, 0.1) is 4.34 Å². The Balaban J connectivity index is 0.000000447. The number of halogens is 1. The second kappa shape index (κ2) is 8.78. The summed E-state index contributed by atoms with van der Waals surface area (Å²) in [6, 6.07) is 10.8. The first-order chi connectivity index (χ1) is 12.6. The molecule has 3 aromatic rings. The Labute approximate surface area is 168 Å². The Bertz CT molecular complexity index is 877. The van der Waals surface area contributed by atoms with Crippen LogP contribution in [0.4, 0.5) is 0 Å². The highest BCUT2D eigenvalue weighted by Crippen LogP contribution is 2.42. The Morgan fingerprint density at radius 3 is 2.69 bits per heavy atom. The first kappa shape index (κ1) is 19.1. The Hall–Kier alpha value is -1.72. The van der Waals surface area contributed by atoms with Gasteiger partial charge >= 0.3 is 0 Å². The number of fused-ring (bicyclic) bond motifs is 1. The fourth-order valence-corrected chi connectivity index (χ4v) is 5.17. The topological polar surface area (TPSA) is 16.1 Å². The van der Waals surface area contributed by atoms with Gasteiger partial charge in [0.2, 0.25) is 0 Å². The molecule has 0 spiro atoms. The minimum atomic E-state index is 0.369. The van der Waals surface area contributed by atoms with E-state index in [1.54, 1.807) is 23.5 Å². The van der Waals surface area contributed by atoms with E-state index in [0.717, 1.165) is 17.4 Å². The van der Waals surface area contributed by atoms with Crippen LogP contribution < -0.4 is 0 Å². The molecule has 1 aromatic carbocycles. The van der Waals surface area contributed by atoms with Crippen LogP contribution in [0.5, 0.6) is 0 Å². The molecule has 1 aliphatic rings. The molecule has 3 heterocycles. The highest BCUT2D eigenvalue weighted by Gasteiger charge is 2.28. The molecule has 0 saturated heterocycles. The van der Waals surface area contributed by atoms with Crippen LogP contribution in [0.3, 0.4) is 0 Å². The molecular weight excluding hydrogens is 380 g/mol. The van der Waals surface area contributed by atoms with Crippen LogP contribution >= 0.6 is 34.5 Å². The van der Waals surface area contributed by atoms with Crippen LogP contribution in [0, 0.1) is 0 Å². The van der Waals surface area contributed by atoms with Crippen LogP contribution in [0.25, 0.3) is 11.1 Å². The first-order valence-corrected chi connectivity index (χ1v) is 10.4. The fraction of sp³-hybridized carbons (Fsp3) is 0.190. The van der Waals surface area contributed by atoms with Crippen LogP contribution in [0.15, 0.2) is 67.2 Å². The van der Waals surface area contributed by atoms with Crippen molar-refractivity contribution >= 4 is 34.5 Å². The van der Waals surface area contributed by atoms with Gasteiger partial charge in [-0.1, -0.05) is 61.2 Å². The maximum atomic E-state index is 6.28. The van der Waals surface area contributed by atoms with E-state index in [2.05, 4.69) is 65.2 Å². The fourth-order valence-electron chi connectivity index (χ4n) is 3.21. The summed E-state index contributed by atoms with van der Waals surface area (Å²) in [5, 5.41) is 2.12. The molecule has 0 N–H and O–H groups in total. The summed E-state index contributed by atoms with van der Waals surface area (Å²) in [6.45, 7) is 8.74. The minimum absolute atomic E-state index is 0.369. The Kier molecular flexibility index (Phi) is 6.43. The number of hydrogen-bond donors (Lipinski definition) is 0. The second-order valence-electron chi connectivity index (χ2n) is 6.15. The van der Waals surface area contributed by atoms with Gasteiger partial charge < -0.3 is 4.90 Å². The van der Waals surface area contributed by atoms with E-state index in [-0.39, 0.29) is 0 Å². The summed E-state index contributed by atoms with van der Waals surface area (Å²) in [5.41, 5.74) is 5.25. The summed E-state index contributed by atoms with van der Waals surface area (Å²) in [6.07, 6.45) is 5.23. The van der Waals surface area contributed by atoms with Crippen molar-refractivity contribution in [2.45, 2.75) is 12.5 Å². The molecule has 26 heavy (non-hydrogen) atoms. The molecule has 0 saturated carbocycles. The van der Waals surface area contributed by atoms with Crippen LogP contribution in [-0.2, 0) is 6.54 Å². The SMILES string of the molecule is C=CC=C.CN1Cc2sc(Cl)cc2C(c2ccccc2-c2cnsc2)C1. The molecule has 4 rings (SSSR count). The van der Waals surface area contributed by atoms with Gasteiger partial charge in [-0.25, -0.2) is 4.37 Å². The van der Waals surface area contributed by atoms with Gasteiger partial charge in [-0.05, 0) is 41.3 Å². The predicted molar refractivity (Wildman–Crippen MR) is 115 cm³/mol. The van der Waals surface area contributed by atoms with Crippen molar-refractivity contribution in [3.8, 4) is 11.1 Å². The summed E-state index contributed by atoms with van der Waals surface area (Å²) in [4.78, 5) is 3.77. The summed E-state index contributed by atoms with van der Waals surface area (Å²) in [7, 11) is 2.18. The molecule has 2 aromatic heterocycles. The maximum absolute atomic E-state index is 6.28. The lowest BCUT2D eigenvalue weighted by Gasteiger charge is -2.31. The van der Waals surface area contributed by atoms with Crippen LogP contribution in [-0.4, -0.2) is 22.9 Å². The van der Waals surface area contributed by atoms with E-state index in [9.17, 15) is 0 Å². The van der Waals surface area contributed by atoms with E-state index >= 15 is 0 Å². The molecule has 0 aliphatic carbocycles. The Morgan fingerprint density at radius 1 is 1.23 bits per heavy atom. The van der Waals surface area contributed by atoms with E-state index in [1.165, 1.54) is 38.7 Å². The van der Waals surface area contributed by atoms with E-state index < -0.39 is 0 Å². The standard InChI is InChI=1S/C17H15ClN2S2.C4H6/c1-20-8-15(14-6-17(18)22-16(14)9-20)13-5-3-2-4-12(13)11-7-19-21-10-11;1-3-4-2/h2-7,10,15H,8-9H2,1H3;3-4H,1-2H2. The van der Waals surface area contributed by atoms with E-state index in [1.807, 2.05) is 6.20 Å². The number of benzene rings is 1. The number of likely N-dealkylation sites (N-methyl/N-ethyl adjacent to an activating group) is 1. The summed E-state index contributed by atoms with van der Waals surface area (Å²) >= 11 is 9.49. The van der Waals surface area contributed by atoms with Gasteiger partial charge in [0.1, 0.15) is 0 Å². The van der Waals surface area contributed by atoms with Crippen molar-refractivity contribution in [1.82, 2.24) is 9.27 Å². The van der Waals surface area contributed by atoms with Crippen LogP contribution in [0.2, 0.25) is 4.34 Å². The van der Waals surface area contributed by atoms with Gasteiger partial charge in [0.15, 0.2) is 0 Å². The number of allylic oxidation sites excluding steroid dienone is 2. The second-order valence-corrected chi connectivity index (χ2v) is 8.58. The Morgan fingerprint density at radius 2 is 2.00 bits per heavy atom. The first-order valence-electron chi connectivity index (χ1n) is 8.32. The summed E-state index contributed by atoms with van der Waals surface area (Å²) in [5.74, 6) is 0.369. The number of rotatable bonds is 3. The molecule has 0 radical (unpaired) electrons. The number of hydrogen-bond acceptors (Lipinski definition) is 4. The zero-order chi connectivity index (χ0) is 18.5. The van der Waals surface area contributed by atoms with Crippen molar-refractivity contribution in [3.63, 3.8) is 0 Å². The van der Waals surface area contributed by atoms with Gasteiger partial charge in [0.25, 0.3) is 0 Å². The van der Waals surface area contributed by atoms with E-state index in [0.29, 0.717) is 5.92 Å². The third kappa shape index (κ3) is 4.15. The van der Waals surface area contributed by atoms with Gasteiger partial charge in [-0.3, -0.25) is 0 Å². The minimum Gasteiger partial charge on any atom is -0.300 e. The zero-order valence-corrected chi connectivity index (χ0v) is 17.1. The van der Waals surface area contributed by atoms with Crippen molar-refractivity contribution in [2.75, 3.05) is 13.6 Å². The van der Waals surface area contributed by atoms with Crippen LogP contribution in [0.1, 0.15) is 21.9 Å². The molecular formula is C21H21ClN2S2. The van der Waals surface area contributed by atoms with Gasteiger partial charge in [-0.2, -0.15) is 0 Å². The monoisotopic (exact) mass is 400 g/mol. The molecule has 134 valence electrons. The van der Waals surface area contributed by atoms with Crippen molar-refractivity contribution in [3.05, 3.63) is 87.6 Å². The summed E-state index contributed by atoms with van der Waals surface area (Å²) < 4.78 is 5.15. The zero-order valence-electron chi connectivity index (χ0n) is 14.7. The average molecular weight is 401 g/mol. The average Bonchev–Trinajstić information content (AvgIpc) is 3.30. The molecule has 1 atom stereocenters. The highest BCUT2D eigenvalue weighted by molar-refractivity contribution is 7.16. The molecule has 2 nitrogen and oxygen atoms in total. The molecule has 0 bridgehead atoms. The number of aromatic nitrogens is 1. The number of thiophene rings is 1. The van der Waals surface area contributed by atoms with Gasteiger partial charge in [-0.15, -0.1) is 11.3 Å². The predicted octanol–water partition coefficient (Wildman–Crippen LogP) is 6.46. The highest BCUT2D eigenvalue weighted by atomic mass is 35.5.